The Bertz CT molecular complexity index is 475. The first kappa shape index (κ1) is 12.6. The minimum Gasteiger partial charge on any atom is -0.508 e. The van der Waals surface area contributed by atoms with Crippen LogP contribution in [0.25, 0.3) is 10.9 Å². The van der Waals surface area contributed by atoms with Gasteiger partial charge in [0.25, 0.3) is 5.69 Å². The summed E-state index contributed by atoms with van der Waals surface area (Å²) in [5.74, 6) is -0.342. The molecule has 88 valence electrons. The van der Waals surface area contributed by atoms with Crippen LogP contribution in [0.15, 0.2) is 18.2 Å². The van der Waals surface area contributed by atoms with Gasteiger partial charge in [-0.2, -0.15) is 0 Å². The Morgan fingerprint density at radius 3 is 2.24 bits per heavy atom. The molecule has 0 fully saturated rings. The predicted molar refractivity (Wildman–Crippen MR) is 62.5 cm³/mol. The van der Waals surface area contributed by atoms with Gasteiger partial charge in [0.2, 0.25) is 0 Å². The topological polar surface area (TPSA) is 60.1 Å². The number of aliphatic carboxylic acids is 1. The van der Waals surface area contributed by atoms with E-state index in [9.17, 15) is 4.79 Å². The number of carboxylic acid groups (broad SMARTS) is 1. The van der Waals surface area contributed by atoms with Gasteiger partial charge in [0.1, 0.15) is 11.5 Å². The van der Waals surface area contributed by atoms with Crippen LogP contribution in [0.3, 0.4) is 0 Å². The van der Waals surface area contributed by atoms with Crippen molar-refractivity contribution in [2.45, 2.75) is 0 Å². The average molecular weight is 233 g/mol. The predicted octanol–water partition coefficient (Wildman–Crippen LogP) is 2.35. The van der Waals surface area contributed by atoms with E-state index >= 15 is 0 Å². The Hall–Kier alpha value is -2.48. The molecular weight excluding hydrogens is 222 g/mol. The lowest BCUT2D eigenvalue weighted by atomic mass is 10.1. The van der Waals surface area contributed by atoms with Crippen molar-refractivity contribution in [1.82, 2.24) is 0 Å². The van der Waals surface area contributed by atoms with Gasteiger partial charge >= 0.3 is 5.97 Å². The molecule has 0 aliphatic rings. The number of nitrogens with zero attached hydrogens (tertiary/aromatic N) is 1. The average Bonchev–Trinajstić information content (AvgIpc) is 2.34. The monoisotopic (exact) mass is 233 g/mol. The van der Waals surface area contributed by atoms with Gasteiger partial charge in [-0.25, -0.2) is 9.64 Å². The van der Waals surface area contributed by atoms with Gasteiger partial charge in [-0.05, 0) is 23.8 Å². The third-order valence-corrected chi connectivity index (χ3v) is 2.03. The van der Waals surface area contributed by atoms with Crippen molar-refractivity contribution >= 4 is 17.7 Å². The Balaban J connectivity index is 3.28. The van der Waals surface area contributed by atoms with Crippen LogP contribution in [0.2, 0.25) is 0 Å². The van der Waals surface area contributed by atoms with Crippen LogP contribution in [-0.2, 0) is 4.79 Å². The van der Waals surface area contributed by atoms with Gasteiger partial charge in [-0.3, -0.25) is 0 Å². The second kappa shape index (κ2) is 5.56. The molecule has 1 aromatic rings. The lowest BCUT2D eigenvalue weighted by Crippen LogP contribution is -1.90. The van der Waals surface area contributed by atoms with Crippen molar-refractivity contribution in [3.63, 3.8) is 0 Å². The van der Waals surface area contributed by atoms with Gasteiger partial charge < -0.3 is 14.6 Å². The third-order valence-electron chi connectivity index (χ3n) is 2.03. The van der Waals surface area contributed by atoms with Crippen LogP contribution in [0.4, 0.5) is 5.69 Å². The molecule has 5 heteroatoms. The van der Waals surface area contributed by atoms with E-state index in [0.29, 0.717) is 17.1 Å². The highest BCUT2D eigenvalue weighted by Gasteiger charge is 2.11. The highest BCUT2D eigenvalue weighted by Crippen LogP contribution is 2.38. The van der Waals surface area contributed by atoms with Crippen LogP contribution in [0.5, 0.6) is 11.5 Å². The normalized spacial score (nSPS) is 9.94. The van der Waals surface area contributed by atoms with Gasteiger partial charge in [-0.15, -0.1) is 0 Å². The van der Waals surface area contributed by atoms with E-state index in [1.165, 1.54) is 20.3 Å². The molecular formula is C12H11NO4. The summed E-state index contributed by atoms with van der Waals surface area (Å²) in [6.07, 6.45) is 2.41. The minimum atomic E-state index is -1.04. The molecule has 0 radical (unpaired) electrons. The van der Waals surface area contributed by atoms with Crippen molar-refractivity contribution in [1.29, 1.82) is 0 Å². The molecule has 0 saturated carbocycles. The summed E-state index contributed by atoms with van der Waals surface area (Å²) < 4.78 is 10.1. The van der Waals surface area contributed by atoms with E-state index in [1.54, 1.807) is 12.1 Å². The Labute approximate surface area is 98.7 Å². The maximum atomic E-state index is 10.4. The van der Waals surface area contributed by atoms with Crippen molar-refractivity contribution in [3.8, 4) is 11.5 Å². The number of benzene rings is 1. The summed E-state index contributed by atoms with van der Waals surface area (Å²) in [5.41, 5.74) is 0.857. The molecule has 0 aliphatic heterocycles. The molecule has 0 saturated heterocycles. The highest BCUT2D eigenvalue weighted by molar-refractivity contribution is 5.86. The molecule has 1 N–H and O–H groups in total. The van der Waals surface area contributed by atoms with Crippen molar-refractivity contribution in [2.24, 2.45) is 0 Å². The largest absolute Gasteiger partial charge is 0.508 e. The summed E-state index contributed by atoms with van der Waals surface area (Å²) >= 11 is 0. The van der Waals surface area contributed by atoms with E-state index in [-0.39, 0.29) is 5.69 Å². The minimum absolute atomic E-state index is 0.266. The molecule has 5 nitrogen and oxygen atoms in total. The third kappa shape index (κ3) is 2.98. The quantitative estimate of drug-likeness (QED) is 0.640. The maximum absolute atomic E-state index is 10.4. The molecule has 0 aromatic heterocycles. The van der Waals surface area contributed by atoms with Crippen LogP contribution < -0.4 is 9.47 Å². The fourth-order valence-electron chi connectivity index (χ4n) is 1.29. The number of ether oxygens (including phenoxy) is 2. The van der Waals surface area contributed by atoms with Gasteiger partial charge in [-0.1, -0.05) is 0 Å². The van der Waals surface area contributed by atoms with Gasteiger partial charge in [0, 0.05) is 6.08 Å². The summed E-state index contributed by atoms with van der Waals surface area (Å²) in [6.45, 7) is 7.03. The number of methoxy groups -OCH3 is 2. The molecule has 1 aromatic carbocycles. The molecule has 0 heterocycles. The van der Waals surface area contributed by atoms with E-state index in [2.05, 4.69) is 4.85 Å². The van der Waals surface area contributed by atoms with Crippen molar-refractivity contribution < 1.29 is 19.4 Å². The lowest BCUT2D eigenvalue weighted by molar-refractivity contribution is -0.131. The van der Waals surface area contributed by atoms with Crippen LogP contribution >= 0.6 is 0 Å². The van der Waals surface area contributed by atoms with E-state index in [4.69, 9.17) is 21.2 Å². The van der Waals surface area contributed by atoms with Crippen LogP contribution in [0, 0.1) is 6.57 Å². The molecule has 17 heavy (non-hydrogen) atoms. The lowest BCUT2D eigenvalue weighted by Gasteiger charge is -2.09. The second-order valence-electron chi connectivity index (χ2n) is 3.06. The smallest absolute Gasteiger partial charge is 0.328 e. The summed E-state index contributed by atoms with van der Waals surface area (Å²) in [5, 5.41) is 8.53. The molecule has 0 aliphatic carbocycles. The van der Waals surface area contributed by atoms with Gasteiger partial charge in [0.15, 0.2) is 0 Å². The second-order valence-corrected chi connectivity index (χ2v) is 3.06. The summed E-state index contributed by atoms with van der Waals surface area (Å²) in [6, 6.07) is 3.16. The number of carboxylic acids is 1. The zero-order valence-electron chi connectivity index (χ0n) is 9.43. The summed E-state index contributed by atoms with van der Waals surface area (Å²) in [4.78, 5) is 13.7. The SMILES string of the molecule is [C-]#[N+]c1c(OC)cc(/C=C/C(=O)O)cc1OC. The summed E-state index contributed by atoms with van der Waals surface area (Å²) in [7, 11) is 2.88. The Kier molecular flexibility index (Phi) is 4.12. The number of rotatable bonds is 4. The number of hydrogen-bond donors (Lipinski definition) is 1. The van der Waals surface area contributed by atoms with Crippen LogP contribution in [-0.4, -0.2) is 25.3 Å². The first-order valence-corrected chi connectivity index (χ1v) is 4.67. The fraction of sp³-hybridized carbons (Fsp3) is 0.167. The molecule has 0 amide bonds. The maximum Gasteiger partial charge on any atom is 0.328 e. The Morgan fingerprint density at radius 1 is 1.35 bits per heavy atom. The molecule has 0 unspecified atom stereocenters. The standard InChI is InChI=1S/C12H11NO4/c1-13-12-9(16-2)6-8(4-5-11(14)15)7-10(12)17-3/h4-7H,2-3H3,(H,14,15)/b5-4+. The fourth-order valence-corrected chi connectivity index (χ4v) is 1.29. The van der Waals surface area contributed by atoms with E-state index < -0.39 is 5.97 Å². The zero-order valence-corrected chi connectivity index (χ0v) is 9.43. The Morgan fingerprint density at radius 2 is 1.88 bits per heavy atom. The first-order chi connectivity index (χ1) is 8.12. The van der Waals surface area contributed by atoms with E-state index in [1.807, 2.05) is 0 Å². The molecule has 0 spiro atoms. The number of hydrogen-bond acceptors (Lipinski definition) is 3. The van der Waals surface area contributed by atoms with E-state index in [0.717, 1.165) is 6.08 Å². The zero-order chi connectivity index (χ0) is 12.8. The van der Waals surface area contributed by atoms with Crippen molar-refractivity contribution in [3.05, 3.63) is 35.2 Å². The van der Waals surface area contributed by atoms with Gasteiger partial charge in [0.05, 0.1) is 20.8 Å². The highest BCUT2D eigenvalue weighted by atomic mass is 16.5. The van der Waals surface area contributed by atoms with Crippen molar-refractivity contribution in [2.75, 3.05) is 14.2 Å². The molecule has 1 rings (SSSR count). The molecule has 0 atom stereocenters. The number of carbonyl (C=O) groups is 1. The first-order valence-electron chi connectivity index (χ1n) is 4.67. The molecule has 0 bridgehead atoms. The van der Waals surface area contributed by atoms with Crippen LogP contribution in [0.1, 0.15) is 5.56 Å².